The third kappa shape index (κ3) is 4.18. The number of nitrogens with two attached hydrogens (primary N) is 1. The topological polar surface area (TPSA) is 81.4 Å². The van der Waals surface area contributed by atoms with E-state index in [4.69, 9.17) is 10.5 Å². The number of carbonyl (C=O) groups is 2. The van der Waals surface area contributed by atoms with E-state index in [1.54, 1.807) is 0 Å². The van der Waals surface area contributed by atoms with E-state index >= 15 is 0 Å². The zero-order chi connectivity index (χ0) is 13.5. The van der Waals surface area contributed by atoms with Gasteiger partial charge in [-0.05, 0) is 18.1 Å². The van der Waals surface area contributed by atoms with Crippen molar-refractivity contribution >= 4 is 11.8 Å². The lowest BCUT2D eigenvalue weighted by atomic mass is 10.1. The van der Waals surface area contributed by atoms with Crippen LogP contribution in [-0.2, 0) is 20.7 Å². The number of carbonyl (C=O) groups excluding carboxylic acids is 2. The summed E-state index contributed by atoms with van der Waals surface area (Å²) >= 11 is 0. The van der Waals surface area contributed by atoms with Crippen LogP contribution in [0.5, 0.6) is 0 Å². The summed E-state index contributed by atoms with van der Waals surface area (Å²) in [4.78, 5) is 22.9. The smallest absolute Gasteiger partial charge is 0.242 e. The van der Waals surface area contributed by atoms with Gasteiger partial charge < -0.3 is 15.8 Å². The maximum Gasteiger partial charge on any atom is 0.242 e. The van der Waals surface area contributed by atoms with Crippen molar-refractivity contribution in [1.82, 2.24) is 5.32 Å². The molecule has 0 saturated carbocycles. The number of rotatable bonds is 6. The number of nitrogens with one attached hydrogen (secondary N) is 1. The molecule has 1 aromatic carbocycles. The number of aryl methyl sites for hydroxylation is 1. The van der Waals surface area contributed by atoms with Gasteiger partial charge in [0.15, 0.2) is 0 Å². The lowest BCUT2D eigenvalue weighted by Crippen LogP contribution is -2.47. The zero-order valence-corrected chi connectivity index (χ0v) is 10.6. The molecule has 1 aromatic rings. The molecule has 1 atom stereocenters. The van der Waals surface area contributed by atoms with Crippen molar-refractivity contribution in [2.24, 2.45) is 5.73 Å². The monoisotopic (exact) mass is 250 g/mol. The van der Waals surface area contributed by atoms with Gasteiger partial charge in [0.05, 0.1) is 13.0 Å². The van der Waals surface area contributed by atoms with Crippen LogP contribution in [0.2, 0.25) is 0 Å². The molecule has 5 heteroatoms. The molecule has 2 amide bonds. The van der Waals surface area contributed by atoms with Crippen LogP contribution in [-0.4, -0.2) is 31.6 Å². The number of primary amides is 1. The number of methoxy groups -OCH3 is 1. The van der Waals surface area contributed by atoms with E-state index in [-0.39, 0.29) is 18.9 Å². The Morgan fingerprint density at radius 2 is 2.06 bits per heavy atom. The largest absolute Gasteiger partial charge is 0.382 e. The molecule has 0 heterocycles. The Morgan fingerprint density at radius 1 is 1.39 bits per heavy atom. The first-order valence-electron chi connectivity index (χ1n) is 5.66. The molecule has 0 unspecified atom stereocenters. The third-order valence-electron chi connectivity index (χ3n) is 2.62. The summed E-state index contributed by atoms with van der Waals surface area (Å²) < 4.78 is 4.82. The van der Waals surface area contributed by atoms with Crippen LogP contribution in [0.25, 0.3) is 0 Å². The van der Waals surface area contributed by atoms with Crippen LogP contribution >= 0.6 is 0 Å². The molecule has 0 spiro atoms. The number of amides is 2. The Kier molecular flexibility index (Phi) is 5.32. The Labute approximate surface area is 106 Å². The zero-order valence-electron chi connectivity index (χ0n) is 10.6. The van der Waals surface area contributed by atoms with Crippen molar-refractivity contribution in [3.8, 4) is 0 Å². The standard InChI is InChI=1S/C13H18N2O3/c1-9-5-3-4-6-10(9)7-12(16)15-11(8-18-2)13(14)17/h3-6,11H,7-8H2,1-2H3,(H2,14,17)(H,15,16)/t11-/m0/s1. The van der Waals surface area contributed by atoms with Crippen molar-refractivity contribution in [1.29, 1.82) is 0 Å². The van der Waals surface area contributed by atoms with Gasteiger partial charge in [0.2, 0.25) is 11.8 Å². The second kappa shape index (κ2) is 6.76. The van der Waals surface area contributed by atoms with Gasteiger partial charge in [-0.25, -0.2) is 0 Å². The number of hydrogen-bond donors (Lipinski definition) is 2. The summed E-state index contributed by atoms with van der Waals surface area (Å²) in [5.41, 5.74) is 7.12. The van der Waals surface area contributed by atoms with Crippen molar-refractivity contribution in [3.63, 3.8) is 0 Å². The lowest BCUT2D eigenvalue weighted by molar-refractivity contribution is -0.128. The molecule has 3 N–H and O–H groups in total. The normalized spacial score (nSPS) is 11.9. The lowest BCUT2D eigenvalue weighted by Gasteiger charge is -2.14. The molecule has 0 aromatic heterocycles. The molecule has 5 nitrogen and oxygen atoms in total. The fourth-order valence-electron chi connectivity index (χ4n) is 1.59. The molecule has 0 fully saturated rings. The molecular formula is C13H18N2O3. The number of hydrogen-bond acceptors (Lipinski definition) is 3. The maximum absolute atomic E-state index is 11.8. The molecule has 0 bridgehead atoms. The van der Waals surface area contributed by atoms with Gasteiger partial charge in [0.1, 0.15) is 6.04 Å². The van der Waals surface area contributed by atoms with Crippen LogP contribution in [0.3, 0.4) is 0 Å². The van der Waals surface area contributed by atoms with Gasteiger partial charge in [0.25, 0.3) is 0 Å². The quantitative estimate of drug-likeness (QED) is 0.754. The van der Waals surface area contributed by atoms with E-state index in [0.717, 1.165) is 11.1 Å². The first-order valence-corrected chi connectivity index (χ1v) is 5.66. The highest BCUT2D eigenvalue weighted by Gasteiger charge is 2.17. The first kappa shape index (κ1) is 14.2. The molecule has 1 rings (SSSR count). The highest BCUT2D eigenvalue weighted by molar-refractivity contribution is 5.87. The molecule has 0 saturated heterocycles. The summed E-state index contributed by atoms with van der Waals surface area (Å²) in [5, 5.41) is 2.55. The van der Waals surface area contributed by atoms with Crippen molar-refractivity contribution in [2.45, 2.75) is 19.4 Å². The van der Waals surface area contributed by atoms with Crippen LogP contribution in [0.4, 0.5) is 0 Å². The molecule has 98 valence electrons. The van der Waals surface area contributed by atoms with Crippen molar-refractivity contribution in [2.75, 3.05) is 13.7 Å². The molecule has 18 heavy (non-hydrogen) atoms. The fourth-order valence-corrected chi connectivity index (χ4v) is 1.59. The van der Waals surface area contributed by atoms with Crippen molar-refractivity contribution in [3.05, 3.63) is 35.4 Å². The predicted molar refractivity (Wildman–Crippen MR) is 67.9 cm³/mol. The van der Waals surface area contributed by atoms with Crippen LogP contribution < -0.4 is 11.1 Å². The Bertz CT molecular complexity index is 432. The molecule has 0 radical (unpaired) electrons. The third-order valence-corrected chi connectivity index (χ3v) is 2.62. The minimum absolute atomic E-state index is 0.0782. The van der Waals surface area contributed by atoms with Gasteiger partial charge in [-0.1, -0.05) is 24.3 Å². The van der Waals surface area contributed by atoms with E-state index in [0.29, 0.717) is 0 Å². The molecular weight excluding hydrogens is 232 g/mol. The molecule has 0 aliphatic carbocycles. The van der Waals surface area contributed by atoms with E-state index in [2.05, 4.69) is 5.32 Å². The fraction of sp³-hybridized carbons (Fsp3) is 0.385. The minimum Gasteiger partial charge on any atom is -0.382 e. The second-order valence-corrected chi connectivity index (χ2v) is 4.08. The second-order valence-electron chi connectivity index (χ2n) is 4.08. The average molecular weight is 250 g/mol. The maximum atomic E-state index is 11.8. The Morgan fingerprint density at radius 3 is 2.61 bits per heavy atom. The van der Waals surface area contributed by atoms with Crippen LogP contribution in [0, 0.1) is 6.92 Å². The molecule has 0 aliphatic heterocycles. The van der Waals surface area contributed by atoms with Gasteiger partial charge >= 0.3 is 0 Å². The first-order chi connectivity index (χ1) is 8.54. The predicted octanol–water partition coefficient (Wildman–Crippen LogP) is 0.154. The van der Waals surface area contributed by atoms with Gasteiger partial charge in [-0.3, -0.25) is 9.59 Å². The summed E-state index contributed by atoms with van der Waals surface area (Å²) in [6.45, 7) is 2.01. The summed E-state index contributed by atoms with van der Waals surface area (Å²) in [7, 11) is 1.45. The summed E-state index contributed by atoms with van der Waals surface area (Å²) in [5.74, 6) is -0.847. The van der Waals surface area contributed by atoms with E-state index in [9.17, 15) is 9.59 Å². The van der Waals surface area contributed by atoms with E-state index < -0.39 is 11.9 Å². The number of ether oxygens (including phenoxy) is 1. The van der Waals surface area contributed by atoms with Gasteiger partial charge in [0, 0.05) is 7.11 Å². The number of benzene rings is 1. The SMILES string of the molecule is COC[C@H](NC(=O)Cc1ccccc1C)C(N)=O. The van der Waals surface area contributed by atoms with Crippen LogP contribution in [0.1, 0.15) is 11.1 Å². The molecule has 0 aliphatic rings. The van der Waals surface area contributed by atoms with Crippen molar-refractivity contribution < 1.29 is 14.3 Å². The van der Waals surface area contributed by atoms with Crippen LogP contribution in [0.15, 0.2) is 24.3 Å². The van der Waals surface area contributed by atoms with E-state index in [1.807, 2.05) is 31.2 Å². The summed E-state index contributed by atoms with van der Waals surface area (Å²) in [6, 6.07) is 6.81. The average Bonchev–Trinajstić information content (AvgIpc) is 2.31. The van der Waals surface area contributed by atoms with Gasteiger partial charge in [-0.2, -0.15) is 0 Å². The van der Waals surface area contributed by atoms with Gasteiger partial charge in [-0.15, -0.1) is 0 Å². The highest BCUT2D eigenvalue weighted by atomic mass is 16.5. The van der Waals surface area contributed by atoms with E-state index in [1.165, 1.54) is 7.11 Å². The summed E-state index contributed by atoms with van der Waals surface area (Å²) in [6.07, 6.45) is 0.222. The minimum atomic E-state index is -0.786. The Hall–Kier alpha value is -1.88. The highest BCUT2D eigenvalue weighted by Crippen LogP contribution is 2.07. The Balaban J connectivity index is 2.61.